The molecule has 4 rings (SSSR count). The lowest BCUT2D eigenvalue weighted by Gasteiger charge is -2.34. The van der Waals surface area contributed by atoms with Crippen LogP contribution in [0.25, 0.3) is 0 Å². The number of nitrogens with zero attached hydrogens (tertiary/aromatic N) is 4. The van der Waals surface area contributed by atoms with Gasteiger partial charge in [0.25, 0.3) is 5.91 Å². The number of rotatable bonds is 5. The Hall–Kier alpha value is -2.52. The molecule has 154 valence electrons. The molecule has 0 radical (unpaired) electrons. The zero-order chi connectivity index (χ0) is 20.3. The van der Waals surface area contributed by atoms with Crippen LogP contribution >= 0.6 is 0 Å². The van der Waals surface area contributed by atoms with Gasteiger partial charge in [-0.1, -0.05) is 18.2 Å². The van der Waals surface area contributed by atoms with Crippen LogP contribution in [0.15, 0.2) is 48.8 Å². The van der Waals surface area contributed by atoms with Gasteiger partial charge < -0.3 is 14.7 Å². The van der Waals surface area contributed by atoms with Gasteiger partial charge in [-0.05, 0) is 24.6 Å². The molecule has 1 aromatic heterocycles. The van der Waals surface area contributed by atoms with Crippen LogP contribution in [-0.4, -0.2) is 74.6 Å². The Morgan fingerprint density at radius 1 is 1.10 bits per heavy atom. The first-order valence-electron chi connectivity index (χ1n) is 9.95. The van der Waals surface area contributed by atoms with E-state index in [1.807, 2.05) is 30.3 Å². The van der Waals surface area contributed by atoms with E-state index in [2.05, 4.69) is 14.9 Å². The predicted octanol–water partition coefficient (Wildman–Crippen LogP) is -0.598. The fourth-order valence-corrected chi connectivity index (χ4v) is 5.78. The number of amides is 1. The number of sulfone groups is 1. The SMILES string of the molecule is O=C(C[NH+]1CCN(c2ncccn2)CC1)N(c1ccccc1)[C@H]1CCS(=O)(=O)C1. The fraction of sp³-hybridized carbons (Fsp3) is 0.450. The van der Waals surface area contributed by atoms with Gasteiger partial charge in [0.15, 0.2) is 16.4 Å². The summed E-state index contributed by atoms with van der Waals surface area (Å²) in [4.78, 5) is 26.9. The van der Waals surface area contributed by atoms with Crippen LogP contribution in [0.1, 0.15) is 6.42 Å². The summed E-state index contributed by atoms with van der Waals surface area (Å²) in [5.74, 6) is 0.900. The second-order valence-corrected chi connectivity index (χ2v) is 9.85. The molecule has 1 N–H and O–H groups in total. The van der Waals surface area contributed by atoms with E-state index in [4.69, 9.17) is 0 Å². The van der Waals surface area contributed by atoms with Crippen molar-refractivity contribution in [1.29, 1.82) is 0 Å². The number of hydrogen-bond donors (Lipinski definition) is 1. The largest absolute Gasteiger partial charge is 0.330 e. The zero-order valence-corrected chi connectivity index (χ0v) is 17.1. The molecule has 2 aromatic rings. The standard InChI is InChI=1S/C20H25N5O3S/c26-19(15-23-10-12-24(13-11-23)20-21-8-4-9-22-20)25(17-5-2-1-3-6-17)18-7-14-29(27,28)16-18/h1-6,8-9,18H,7,10-16H2/p+1/t18-/m0/s1. The molecule has 2 fully saturated rings. The summed E-state index contributed by atoms with van der Waals surface area (Å²) in [6, 6.07) is 10.9. The normalized spacial score (nSPS) is 21.8. The van der Waals surface area contributed by atoms with Gasteiger partial charge in [0, 0.05) is 18.1 Å². The Morgan fingerprint density at radius 3 is 2.41 bits per heavy atom. The molecule has 0 spiro atoms. The number of anilines is 2. The molecule has 1 atom stereocenters. The number of para-hydroxylation sites is 1. The highest BCUT2D eigenvalue weighted by Gasteiger charge is 2.37. The highest BCUT2D eigenvalue weighted by Crippen LogP contribution is 2.24. The molecule has 1 amide bonds. The van der Waals surface area contributed by atoms with E-state index in [0.717, 1.165) is 37.8 Å². The summed E-state index contributed by atoms with van der Waals surface area (Å²) >= 11 is 0. The molecule has 2 aliphatic heterocycles. The highest BCUT2D eigenvalue weighted by molar-refractivity contribution is 7.91. The van der Waals surface area contributed by atoms with Crippen molar-refractivity contribution < 1.29 is 18.1 Å². The summed E-state index contributed by atoms with van der Waals surface area (Å²) in [6.07, 6.45) is 3.97. The molecule has 29 heavy (non-hydrogen) atoms. The minimum absolute atomic E-state index is 0.0160. The molecule has 0 saturated carbocycles. The van der Waals surface area contributed by atoms with E-state index in [9.17, 15) is 13.2 Å². The Balaban J connectivity index is 1.42. The monoisotopic (exact) mass is 416 g/mol. The molecule has 3 heterocycles. The van der Waals surface area contributed by atoms with Crippen molar-refractivity contribution in [1.82, 2.24) is 9.97 Å². The molecule has 0 aliphatic carbocycles. The first-order valence-corrected chi connectivity index (χ1v) is 11.8. The minimum Gasteiger partial charge on any atom is -0.330 e. The van der Waals surface area contributed by atoms with Gasteiger partial charge in [0.05, 0.1) is 43.7 Å². The lowest BCUT2D eigenvalue weighted by Crippen LogP contribution is -3.16. The van der Waals surface area contributed by atoms with Crippen molar-refractivity contribution in [2.75, 3.05) is 54.0 Å². The summed E-state index contributed by atoms with van der Waals surface area (Å²) in [6.45, 7) is 3.56. The first-order chi connectivity index (χ1) is 14.0. The smallest absolute Gasteiger partial charge is 0.282 e. The Labute approximate surface area is 171 Å². The maximum Gasteiger partial charge on any atom is 0.282 e. The number of nitrogens with one attached hydrogen (secondary N) is 1. The van der Waals surface area contributed by atoms with Crippen molar-refractivity contribution in [2.45, 2.75) is 12.5 Å². The molecule has 1 aromatic carbocycles. The number of carbonyl (C=O) groups is 1. The minimum atomic E-state index is -3.07. The third-order valence-electron chi connectivity index (χ3n) is 5.58. The van der Waals surface area contributed by atoms with Crippen LogP contribution in [0.2, 0.25) is 0 Å². The molecular formula is C20H26N5O3S+. The van der Waals surface area contributed by atoms with Gasteiger partial charge in [-0.2, -0.15) is 0 Å². The van der Waals surface area contributed by atoms with E-state index in [1.165, 1.54) is 4.90 Å². The van der Waals surface area contributed by atoms with E-state index in [-0.39, 0.29) is 23.5 Å². The second kappa shape index (κ2) is 8.46. The molecular weight excluding hydrogens is 390 g/mol. The van der Waals surface area contributed by atoms with Crippen molar-refractivity contribution in [2.24, 2.45) is 0 Å². The van der Waals surface area contributed by atoms with Gasteiger partial charge in [0.1, 0.15) is 0 Å². The average Bonchev–Trinajstić information content (AvgIpc) is 3.09. The first kappa shape index (κ1) is 19.8. The number of piperazine rings is 1. The van der Waals surface area contributed by atoms with Crippen LogP contribution in [0, 0.1) is 0 Å². The van der Waals surface area contributed by atoms with E-state index < -0.39 is 9.84 Å². The zero-order valence-electron chi connectivity index (χ0n) is 16.3. The average molecular weight is 417 g/mol. The predicted molar refractivity (Wildman–Crippen MR) is 111 cm³/mol. The molecule has 2 saturated heterocycles. The maximum atomic E-state index is 13.2. The Bertz CT molecular complexity index is 931. The van der Waals surface area contributed by atoms with Crippen LogP contribution in [0.3, 0.4) is 0 Å². The highest BCUT2D eigenvalue weighted by atomic mass is 32.2. The van der Waals surface area contributed by atoms with Crippen molar-refractivity contribution in [3.8, 4) is 0 Å². The Kier molecular flexibility index (Phi) is 5.77. The van der Waals surface area contributed by atoms with Crippen LogP contribution < -0.4 is 14.7 Å². The number of quaternary nitrogens is 1. The lowest BCUT2D eigenvalue weighted by atomic mass is 10.1. The van der Waals surface area contributed by atoms with Gasteiger partial charge in [-0.15, -0.1) is 0 Å². The molecule has 8 nitrogen and oxygen atoms in total. The summed E-state index contributed by atoms with van der Waals surface area (Å²) in [5.41, 5.74) is 0.773. The number of carbonyl (C=O) groups excluding carboxylic acids is 1. The Morgan fingerprint density at radius 2 is 1.79 bits per heavy atom. The van der Waals surface area contributed by atoms with Gasteiger partial charge in [0.2, 0.25) is 5.95 Å². The van der Waals surface area contributed by atoms with Crippen LogP contribution in [-0.2, 0) is 14.6 Å². The molecule has 0 bridgehead atoms. The quantitative estimate of drug-likeness (QED) is 0.701. The second-order valence-electron chi connectivity index (χ2n) is 7.62. The molecule has 0 unspecified atom stereocenters. The van der Waals surface area contributed by atoms with E-state index in [0.29, 0.717) is 13.0 Å². The van der Waals surface area contributed by atoms with Gasteiger partial charge in [-0.3, -0.25) is 4.79 Å². The lowest BCUT2D eigenvalue weighted by molar-refractivity contribution is -0.892. The van der Waals surface area contributed by atoms with E-state index >= 15 is 0 Å². The topological polar surface area (TPSA) is 87.9 Å². The third kappa shape index (κ3) is 4.73. The third-order valence-corrected chi connectivity index (χ3v) is 7.33. The summed E-state index contributed by atoms with van der Waals surface area (Å²) < 4.78 is 24.0. The number of hydrogen-bond acceptors (Lipinski definition) is 6. The summed E-state index contributed by atoms with van der Waals surface area (Å²) in [7, 11) is -3.07. The fourth-order valence-electron chi connectivity index (χ4n) is 4.08. The number of aromatic nitrogens is 2. The van der Waals surface area contributed by atoms with Gasteiger partial charge in [-0.25, -0.2) is 18.4 Å². The van der Waals surface area contributed by atoms with Gasteiger partial charge >= 0.3 is 0 Å². The maximum absolute atomic E-state index is 13.2. The van der Waals surface area contributed by atoms with Crippen LogP contribution in [0.4, 0.5) is 11.6 Å². The van der Waals surface area contributed by atoms with Crippen molar-refractivity contribution in [3.05, 3.63) is 48.8 Å². The summed E-state index contributed by atoms with van der Waals surface area (Å²) in [5, 5.41) is 0. The molecule has 2 aliphatic rings. The molecule has 9 heteroatoms. The van der Waals surface area contributed by atoms with Crippen molar-refractivity contribution in [3.63, 3.8) is 0 Å². The van der Waals surface area contributed by atoms with Crippen molar-refractivity contribution >= 4 is 27.4 Å². The number of benzene rings is 1. The van der Waals surface area contributed by atoms with E-state index in [1.54, 1.807) is 23.4 Å². The van der Waals surface area contributed by atoms with Crippen LogP contribution in [0.5, 0.6) is 0 Å².